The molecule has 4 saturated heterocycles. The van der Waals surface area contributed by atoms with Gasteiger partial charge < -0.3 is 69.5 Å². The van der Waals surface area contributed by atoms with E-state index in [1.165, 1.54) is 4.91 Å². The first-order valence-electron chi connectivity index (χ1n) is 25.0. The van der Waals surface area contributed by atoms with Crippen molar-refractivity contribution in [2.24, 2.45) is 5.11 Å². The molecule has 3 N–H and O–H groups in total. The number of aliphatic hydroxyl groups is 3. The average molecular weight is 1200 g/mol. The summed E-state index contributed by atoms with van der Waals surface area (Å²) < 4.78 is 66.7. The maximum Gasteiger partial charge on any atom is 1.00 e. The predicted molar refractivity (Wildman–Crippen MR) is 302 cm³/mol. The zero-order valence-corrected chi connectivity index (χ0v) is 49.2. The average Bonchev–Trinajstić information content (AvgIpc) is 4.01. The molecule has 7 aliphatic heterocycles. The standard InChI is InChI=1S/C18H18N4O3.C18H17NO5S.C18H19NO4.Cl2OS.N3.Na/c1-11-6-7-14-17(8-11)25-16-5-3-2-4-13(16)22(14)15-10-24-9-12(18(15)23)20-21-19;1-11-6-7-13-16(8-11)22-15-5-3-2-4-12(15)19(13)14-9-21-10-17-18(14)24-25(20)23-17;1-11-6-7-13-17(8-11)23-16-5-3-2-4-12(16)19(13)14-9-22-10-15(20)18(14)21;1-4(2)3;1-3-2;/h2-8,12,15,18,23H,9-10H2,1H3;2-8,14,17-18H,9-10H2,1H3;2-8,14-15,18,20-21H,9-10H2,1H3;;;/q;;;;-1;+1/t12-,15+,18+;14-,17-,18+,25?;14-,15-,18+;;;/m100.../s1. The zero-order valence-electron chi connectivity index (χ0n) is 44.1. The Morgan fingerprint density at radius 1 is 0.543 bits per heavy atom. The summed E-state index contributed by atoms with van der Waals surface area (Å²) in [7, 11) is 7.36. The van der Waals surface area contributed by atoms with Gasteiger partial charge in [-0.05, 0) is 116 Å². The zero-order chi connectivity index (χ0) is 56.6. The van der Waals surface area contributed by atoms with Gasteiger partial charge in [-0.15, -0.1) is 0 Å². The number of rotatable bonds is 4. The van der Waals surface area contributed by atoms with Gasteiger partial charge in [0.1, 0.15) is 24.4 Å². The van der Waals surface area contributed by atoms with Crippen LogP contribution in [0.15, 0.2) is 133 Å². The molecule has 7 heterocycles. The Balaban J connectivity index is 0.000000150. The third-order valence-electron chi connectivity index (χ3n) is 13.8. The maximum absolute atomic E-state index is 11.7. The van der Waals surface area contributed by atoms with Crippen molar-refractivity contribution in [3.05, 3.63) is 171 Å². The number of hydrogen-bond acceptors (Lipinski definition) is 17. The van der Waals surface area contributed by atoms with E-state index in [1.54, 1.807) is 0 Å². The fourth-order valence-electron chi connectivity index (χ4n) is 10.3. The van der Waals surface area contributed by atoms with Crippen LogP contribution in [0.3, 0.4) is 0 Å². The second-order valence-electron chi connectivity index (χ2n) is 19.0. The molecule has 0 aromatic heterocycles. The van der Waals surface area contributed by atoms with Crippen LogP contribution < -0.4 is 58.5 Å². The van der Waals surface area contributed by atoms with Gasteiger partial charge in [0.15, 0.2) is 34.5 Å². The van der Waals surface area contributed by atoms with E-state index < -0.39 is 44.9 Å². The van der Waals surface area contributed by atoms with E-state index in [0.29, 0.717) is 26.4 Å². The third kappa shape index (κ3) is 13.9. The molecule has 0 radical (unpaired) electrons. The molecule has 420 valence electrons. The van der Waals surface area contributed by atoms with Gasteiger partial charge in [0.05, 0.1) is 104 Å². The smallest absolute Gasteiger partial charge is 0.453 e. The van der Waals surface area contributed by atoms with E-state index >= 15 is 0 Å². The Bertz CT molecular complexity index is 3330. The van der Waals surface area contributed by atoms with Gasteiger partial charge in [-0.3, -0.25) is 13.3 Å². The van der Waals surface area contributed by atoms with Gasteiger partial charge in [-0.25, -0.2) is 4.21 Å². The number of aryl methyl sites for hydroxylation is 3. The van der Waals surface area contributed by atoms with Crippen molar-refractivity contribution in [3.63, 3.8) is 0 Å². The van der Waals surface area contributed by atoms with Crippen molar-refractivity contribution in [1.82, 2.24) is 0 Å². The number of fused-ring (bicyclic) bond motifs is 7. The van der Waals surface area contributed by atoms with E-state index in [4.69, 9.17) is 57.6 Å². The van der Waals surface area contributed by atoms with E-state index in [0.717, 1.165) is 85.3 Å². The molecule has 6 aromatic carbocycles. The number of halogens is 2. The van der Waals surface area contributed by atoms with Crippen molar-refractivity contribution in [3.8, 4) is 34.5 Å². The van der Waals surface area contributed by atoms with Gasteiger partial charge >= 0.3 is 40.9 Å². The molecule has 0 amide bonds. The largest absolute Gasteiger partial charge is 1.00 e. The van der Waals surface area contributed by atoms with Crippen molar-refractivity contribution >= 4 is 76.1 Å². The van der Waals surface area contributed by atoms with E-state index in [-0.39, 0.29) is 73.1 Å². The van der Waals surface area contributed by atoms with Crippen LogP contribution in [0.2, 0.25) is 0 Å². The normalized spacial score (nSPS) is 24.9. The third-order valence-corrected chi connectivity index (χ3v) is 14.6. The van der Waals surface area contributed by atoms with Gasteiger partial charge in [0.2, 0.25) is 9.23 Å². The second kappa shape index (κ2) is 28.0. The first kappa shape index (κ1) is 61.4. The van der Waals surface area contributed by atoms with Crippen LogP contribution in [0.5, 0.6) is 34.5 Å². The minimum absolute atomic E-state index is 0. The van der Waals surface area contributed by atoms with E-state index in [2.05, 4.69) is 42.4 Å². The molecule has 22 nitrogen and oxygen atoms in total. The number of azide groups is 1. The fourth-order valence-corrected chi connectivity index (χ4v) is 11.1. The molecule has 81 heavy (non-hydrogen) atoms. The minimum Gasteiger partial charge on any atom is -0.453 e. The van der Waals surface area contributed by atoms with Gasteiger partial charge in [-0.2, -0.15) is 4.21 Å². The van der Waals surface area contributed by atoms with Crippen LogP contribution in [0.4, 0.5) is 34.1 Å². The van der Waals surface area contributed by atoms with E-state index in [1.807, 2.05) is 152 Å². The SMILES string of the molecule is Cc1ccc2c(c1)Oc1ccccc1N2[C@H]1COC[C@@H](N=[N+]=[N-])[C@@H]1O.Cc1ccc2c(c1)Oc1ccccc1N2[C@H]1COC[C@@H]2OS(=O)O[C@@H]21.Cc1ccc2c(c1)Oc1ccccc1N2[C@H]1COC[C@H](O)[C@@H]1O.O=S(Cl)Cl.[N-]=[N+]=[N-].[Na+]. The molecular weight excluding hydrogens is 1140 g/mol. The number of hydrogen-bond donors (Lipinski definition) is 3. The number of anilines is 6. The van der Waals surface area contributed by atoms with Crippen molar-refractivity contribution in [2.45, 2.75) is 75.5 Å². The molecule has 0 saturated carbocycles. The first-order valence-corrected chi connectivity index (χ1v) is 28.8. The summed E-state index contributed by atoms with van der Waals surface area (Å²) in [6.07, 6.45) is -3.27. The Hall–Kier alpha value is -5.70. The fraction of sp³-hybridized carbons (Fsp3) is 0.333. The van der Waals surface area contributed by atoms with Gasteiger partial charge in [-0.1, -0.05) is 59.7 Å². The van der Waals surface area contributed by atoms with Crippen molar-refractivity contribution in [2.75, 3.05) is 54.3 Å². The topological polar surface area (TPSA) is 286 Å². The summed E-state index contributed by atoms with van der Waals surface area (Å²) in [6, 6.07) is 39.8. The summed E-state index contributed by atoms with van der Waals surface area (Å²) in [5.41, 5.74) is 30.9. The van der Waals surface area contributed by atoms with Crippen LogP contribution in [0.25, 0.3) is 26.4 Å². The number of benzene rings is 6. The number of aliphatic hydroxyl groups excluding tert-OH is 3. The molecule has 0 spiro atoms. The molecule has 0 bridgehead atoms. The molecule has 27 heteroatoms. The summed E-state index contributed by atoms with van der Waals surface area (Å²) >= 11 is -1.73. The molecule has 10 atom stereocenters. The van der Waals surface area contributed by atoms with Gasteiger partial charge in [0, 0.05) is 26.3 Å². The van der Waals surface area contributed by atoms with E-state index in [9.17, 15) is 19.5 Å². The Labute approximate surface area is 502 Å². The molecule has 4 fully saturated rings. The minimum atomic E-state index is -1.73. The Morgan fingerprint density at radius 3 is 1.36 bits per heavy atom. The van der Waals surface area contributed by atoms with Crippen molar-refractivity contribution in [1.29, 1.82) is 0 Å². The van der Waals surface area contributed by atoms with Crippen LogP contribution in [-0.4, -0.2) is 118 Å². The molecule has 6 aromatic rings. The quantitative estimate of drug-likeness (QED) is 0.0496. The number of para-hydroxylation sites is 6. The summed E-state index contributed by atoms with van der Waals surface area (Å²) in [5, 5.41) is 34.9. The van der Waals surface area contributed by atoms with Gasteiger partial charge in [0.25, 0.3) is 0 Å². The number of ether oxygens (including phenoxy) is 6. The summed E-state index contributed by atoms with van der Waals surface area (Å²) in [6.45, 7) is 7.95. The van der Waals surface area contributed by atoms with Crippen LogP contribution in [0.1, 0.15) is 16.7 Å². The maximum atomic E-state index is 11.7. The molecule has 1 unspecified atom stereocenters. The second-order valence-corrected chi connectivity index (χ2v) is 22.4. The first-order chi connectivity index (χ1) is 38.7. The summed E-state index contributed by atoms with van der Waals surface area (Å²) in [5.74, 6) is 4.51. The van der Waals surface area contributed by atoms with Crippen LogP contribution in [0, 0.1) is 20.8 Å². The van der Waals surface area contributed by atoms with Crippen LogP contribution in [-0.2, 0) is 43.2 Å². The monoisotopic (exact) mass is 1190 g/mol. The molecule has 7 aliphatic rings. The van der Waals surface area contributed by atoms with Crippen molar-refractivity contribution < 1.29 is 90.1 Å². The predicted octanol–water partition coefficient (Wildman–Crippen LogP) is 7.95. The Kier molecular flexibility index (Phi) is 21.3. The molecule has 13 rings (SSSR count). The Morgan fingerprint density at radius 2 is 0.914 bits per heavy atom. The van der Waals surface area contributed by atoms with Crippen LogP contribution >= 0.6 is 21.4 Å². The summed E-state index contributed by atoms with van der Waals surface area (Å²) in [4.78, 5) is 10.5. The molecule has 0 aliphatic carbocycles. The molecular formula is C54H54Cl2N9NaO13S2. The number of nitrogens with zero attached hydrogens (tertiary/aromatic N) is 9.